The van der Waals surface area contributed by atoms with Crippen molar-refractivity contribution in [2.75, 3.05) is 9.80 Å². The average molecular weight is 693 g/mol. The Bertz CT molecular complexity index is 2950. The van der Waals surface area contributed by atoms with E-state index in [9.17, 15) is 0 Å². The zero-order valence-corrected chi connectivity index (χ0v) is 30.1. The third kappa shape index (κ3) is 4.42. The lowest BCUT2D eigenvalue weighted by Crippen LogP contribution is -2.34. The zero-order valence-electron chi connectivity index (χ0n) is 30.1. The fraction of sp³-hybridized carbons (Fsp3) is 0.0588. The van der Waals surface area contributed by atoms with Crippen molar-refractivity contribution in [1.82, 2.24) is 0 Å². The summed E-state index contributed by atoms with van der Waals surface area (Å²) < 4.78 is 6.74. The van der Waals surface area contributed by atoms with Gasteiger partial charge in [0, 0.05) is 27.4 Å². The molecule has 2 aliphatic rings. The molecule has 9 aromatic rings. The van der Waals surface area contributed by atoms with E-state index in [1.807, 2.05) is 0 Å². The van der Waals surface area contributed by atoms with Gasteiger partial charge in [0.2, 0.25) is 0 Å². The summed E-state index contributed by atoms with van der Waals surface area (Å²) in [4.78, 5) is 4.98. The van der Waals surface area contributed by atoms with Crippen molar-refractivity contribution in [2.45, 2.75) is 19.3 Å². The van der Waals surface area contributed by atoms with Gasteiger partial charge >= 0.3 is 0 Å². The predicted octanol–water partition coefficient (Wildman–Crippen LogP) is 14.5. The maximum atomic E-state index is 6.74. The number of rotatable bonds is 4. The summed E-state index contributed by atoms with van der Waals surface area (Å²) in [6.07, 6.45) is 0. The molecule has 0 N–H and O–H groups in total. The van der Waals surface area contributed by atoms with Gasteiger partial charge in [-0.05, 0) is 80.7 Å². The quantitative estimate of drug-likeness (QED) is 0.171. The first kappa shape index (κ1) is 30.8. The second-order valence-electron chi connectivity index (χ2n) is 14.9. The van der Waals surface area contributed by atoms with Crippen LogP contribution in [0, 0.1) is 0 Å². The van der Waals surface area contributed by atoms with E-state index in [0.29, 0.717) is 0 Å². The van der Waals surface area contributed by atoms with Gasteiger partial charge in [-0.3, -0.25) is 0 Å². The minimum Gasteiger partial charge on any atom is -0.453 e. The van der Waals surface area contributed by atoms with Gasteiger partial charge < -0.3 is 14.5 Å². The first-order valence-electron chi connectivity index (χ1n) is 18.7. The molecule has 256 valence electrons. The highest BCUT2D eigenvalue weighted by atomic mass is 16.5. The summed E-state index contributed by atoms with van der Waals surface area (Å²) in [5, 5.41) is 7.27. The highest BCUT2D eigenvalue weighted by Gasteiger charge is 2.44. The predicted molar refractivity (Wildman–Crippen MR) is 226 cm³/mol. The van der Waals surface area contributed by atoms with Crippen molar-refractivity contribution in [3.8, 4) is 22.6 Å². The zero-order chi connectivity index (χ0) is 36.0. The SMILES string of the molecule is CC1(C)c2cccc3c2N(c2cccc(N(c4ccc(-c5ccccc5)cc4)c4cc5ccccc5c5ccccc45)c21)c1c(ccc2ccccc12)O3. The molecule has 0 aliphatic carbocycles. The number of para-hydroxylation sites is 1. The molecule has 0 amide bonds. The molecule has 2 aliphatic heterocycles. The van der Waals surface area contributed by atoms with Crippen LogP contribution in [0.1, 0.15) is 25.0 Å². The van der Waals surface area contributed by atoms with Crippen LogP contribution >= 0.6 is 0 Å². The number of benzene rings is 9. The van der Waals surface area contributed by atoms with E-state index in [1.54, 1.807) is 0 Å². The summed E-state index contributed by atoms with van der Waals surface area (Å²) >= 11 is 0. The third-order valence-corrected chi connectivity index (χ3v) is 11.6. The highest BCUT2D eigenvalue weighted by molar-refractivity contribution is 6.15. The number of hydrogen-bond acceptors (Lipinski definition) is 3. The minimum absolute atomic E-state index is 0.381. The van der Waals surface area contributed by atoms with Gasteiger partial charge in [0.25, 0.3) is 0 Å². The molecule has 2 heterocycles. The summed E-state index contributed by atoms with van der Waals surface area (Å²) in [6.45, 7) is 4.74. The normalized spacial score (nSPS) is 13.6. The lowest BCUT2D eigenvalue weighted by molar-refractivity contribution is 0.472. The van der Waals surface area contributed by atoms with Crippen molar-refractivity contribution in [3.63, 3.8) is 0 Å². The number of fused-ring (bicyclic) bond motifs is 9. The van der Waals surface area contributed by atoms with Crippen LogP contribution in [0.3, 0.4) is 0 Å². The topological polar surface area (TPSA) is 15.7 Å². The fourth-order valence-corrected chi connectivity index (χ4v) is 9.10. The summed E-state index contributed by atoms with van der Waals surface area (Å²) in [6, 6.07) is 66.0. The molecule has 11 rings (SSSR count). The van der Waals surface area contributed by atoms with Gasteiger partial charge in [-0.15, -0.1) is 0 Å². The van der Waals surface area contributed by atoms with Crippen LogP contribution in [-0.4, -0.2) is 0 Å². The number of hydrogen-bond donors (Lipinski definition) is 0. The molecule has 0 spiro atoms. The second kappa shape index (κ2) is 11.6. The fourth-order valence-electron chi connectivity index (χ4n) is 9.10. The molecule has 0 atom stereocenters. The molecule has 0 saturated carbocycles. The Morgan fingerprint density at radius 1 is 0.463 bits per heavy atom. The van der Waals surface area contributed by atoms with Gasteiger partial charge in [0.15, 0.2) is 11.5 Å². The molecule has 0 unspecified atom stereocenters. The first-order valence-corrected chi connectivity index (χ1v) is 18.7. The smallest absolute Gasteiger partial charge is 0.152 e. The average Bonchev–Trinajstić information content (AvgIpc) is 3.23. The maximum absolute atomic E-state index is 6.74. The van der Waals surface area contributed by atoms with Crippen molar-refractivity contribution >= 4 is 66.4 Å². The van der Waals surface area contributed by atoms with Crippen molar-refractivity contribution < 1.29 is 4.74 Å². The second-order valence-corrected chi connectivity index (χ2v) is 14.9. The van der Waals surface area contributed by atoms with Crippen LogP contribution in [-0.2, 0) is 5.41 Å². The monoisotopic (exact) mass is 692 g/mol. The Morgan fingerprint density at radius 2 is 1.11 bits per heavy atom. The van der Waals surface area contributed by atoms with Gasteiger partial charge in [-0.25, -0.2) is 0 Å². The standard InChI is InChI=1S/C51H36N2O/c1-51(2)42-22-12-25-46-50(42)53(49-39-19-9-6-16-35(39)28-31-47(49)54-46)44-24-13-23-43(48(44)51)52(37-29-26-34(27-30-37)33-14-4-3-5-15-33)45-32-36-17-7-8-18-38(36)40-20-10-11-21-41(40)45/h3-32H,1-2H3. The largest absolute Gasteiger partial charge is 0.453 e. The van der Waals surface area contributed by atoms with Crippen molar-refractivity contribution in [2.24, 2.45) is 0 Å². The van der Waals surface area contributed by atoms with Crippen molar-refractivity contribution in [1.29, 1.82) is 0 Å². The number of anilines is 6. The van der Waals surface area contributed by atoms with Gasteiger partial charge in [0.05, 0.1) is 28.4 Å². The Labute approximate surface area is 314 Å². The van der Waals surface area contributed by atoms with Crippen LogP contribution in [0.4, 0.5) is 34.1 Å². The van der Waals surface area contributed by atoms with E-state index in [2.05, 4.69) is 206 Å². The molecule has 3 heteroatoms. The summed E-state index contributed by atoms with van der Waals surface area (Å²) in [5.41, 5.74) is 11.3. The molecule has 3 nitrogen and oxygen atoms in total. The van der Waals surface area contributed by atoms with Crippen LogP contribution in [0.25, 0.3) is 43.4 Å². The maximum Gasteiger partial charge on any atom is 0.152 e. The van der Waals surface area contributed by atoms with Crippen LogP contribution in [0.15, 0.2) is 182 Å². The molecular formula is C51H36N2O. The Kier molecular flexibility index (Phi) is 6.60. The lowest BCUT2D eigenvalue weighted by atomic mass is 9.72. The van der Waals surface area contributed by atoms with Crippen LogP contribution in [0.5, 0.6) is 11.5 Å². The van der Waals surface area contributed by atoms with E-state index in [0.717, 1.165) is 45.6 Å². The Balaban J connectivity index is 1.23. The van der Waals surface area contributed by atoms with Gasteiger partial charge in [-0.2, -0.15) is 0 Å². The molecule has 54 heavy (non-hydrogen) atoms. The lowest BCUT2D eigenvalue weighted by Gasteiger charge is -2.47. The number of nitrogens with zero attached hydrogens (tertiary/aromatic N) is 2. The molecule has 0 aromatic heterocycles. The molecule has 0 bridgehead atoms. The van der Waals surface area contributed by atoms with Gasteiger partial charge in [-0.1, -0.05) is 153 Å². The van der Waals surface area contributed by atoms with Crippen molar-refractivity contribution in [3.05, 3.63) is 193 Å². The van der Waals surface area contributed by atoms with E-state index in [4.69, 9.17) is 4.74 Å². The van der Waals surface area contributed by atoms with Crippen LogP contribution < -0.4 is 14.5 Å². The molecule has 0 saturated heterocycles. The van der Waals surface area contributed by atoms with E-state index >= 15 is 0 Å². The van der Waals surface area contributed by atoms with Gasteiger partial charge in [0.1, 0.15) is 0 Å². The molecule has 9 aromatic carbocycles. The minimum atomic E-state index is -0.381. The van der Waals surface area contributed by atoms with Crippen LogP contribution in [0.2, 0.25) is 0 Å². The number of ether oxygens (including phenoxy) is 1. The molecule has 0 radical (unpaired) electrons. The molecular weight excluding hydrogens is 657 g/mol. The highest BCUT2D eigenvalue weighted by Crippen LogP contribution is 2.63. The molecule has 0 fully saturated rings. The Hall–Kier alpha value is -6.84. The van der Waals surface area contributed by atoms with E-state index in [-0.39, 0.29) is 5.41 Å². The Morgan fingerprint density at radius 3 is 1.93 bits per heavy atom. The summed E-state index contributed by atoms with van der Waals surface area (Å²) in [5.74, 6) is 1.75. The van der Waals surface area contributed by atoms with E-state index in [1.165, 1.54) is 54.6 Å². The first-order chi connectivity index (χ1) is 26.6. The van der Waals surface area contributed by atoms with E-state index < -0.39 is 0 Å². The third-order valence-electron chi connectivity index (χ3n) is 11.6. The summed E-state index contributed by atoms with van der Waals surface area (Å²) in [7, 11) is 0.